The third-order valence-electron chi connectivity index (χ3n) is 2.39. The van der Waals surface area contributed by atoms with Gasteiger partial charge in [-0.25, -0.2) is 0 Å². The highest BCUT2D eigenvalue weighted by Crippen LogP contribution is 2.29. The van der Waals surface area contributed by atoms with Crippen LogP contribution in [0, 0.1) is 0 Å². The molecule has 2 nitrogen and oxygen atoms in total. The maximum absolute atomic E-state index is 11.2. The van der Waals surface area contributed by atoms with Gasteiger partial charge in [0.1, 0.15) is 5.58 Å². The van der Waals surface area contributed by atoms with E-state index >= 15 is 0 Å². The molecule has 0 aliphatic rings. The molecule has 15 heavy (non-hydrogen) atoms. The number of carbonyl (C=O) groups excluding carboxylic acids is 1. The first kappa shape index (κ1) is 10.4. The minimum atomic E-state index is -0.0452. The van der Waals surface area contributed by atoms with Crippen molar-refractivity contribution in [2.75, 3.05) is 0 Å². The summed E-state index contributed by atoms with van der Waals surface area (Å²) in [6.45, 7) is 3.60. The van der Waals surface area contributed by atoms with Gasteiger partial charge in [-0.15, -0.1) is 0 Å². The predicted molar refractivity (Wildman–Crippen MR) is 63.3 cm³/mol. The van der Waals surface area contributed by atoms with Crippen LogP contribution < -0.4 is 0 Å². The van der Waals surface area contributed by atoms with E-state index in [4.69, 9.17) is 4.42 Å². The van der Waals surface area contributed by atoms with Crippen LogP contribution in [0.2, 0.25) is 0 Å². The first-order valence-electron chi connectivity index (χ1n) is 4.84. The SMILES string of the molecule is CCc1cc(Br)c2oc(C(C)=O)cc2c1. The molecule has 1 aromatic heterocycles. The minimum absolute atomic E-state index is 0.0452. The van der Waals surface area contributed by atoms with Gasteiger partial charge in [-0.3, -0.25) is 4.79 Å². The second kappa shape index (κ2) is 3.81. The van der Waals surface area contributed by atoms with Gasteiger partial charge in [0.2, 0.25) is 0 Å². The van der Waals surface area contributed by atoms with Crippen molar-refractivity contribution in [2.24, 2.45) is 0 Å². The normalized spacial score (nSPS) is 10.9. The van der Waals surface area contributed by atoms with Gasteiger partial charge in [0, 0.05) is 12.3 Å². The summed E-state index contributed by atoms with van der Waals surface area (Å²) >= 11 is 3.45. The number of hydrogen-bond acceptors (Lipinski definition) is 2. The van der Waals surface area contributed by atoms with Gasteiger partial charge in [0.15, 0.2) is 11.5 Å². The molecule has 1 heterocycles. The molecule has 0 radical (unpaired) electrons. The Morgan fingerprint density at radius 2 is 2.13 bits per heavy atom. The van der Waals surface area contributed by atoms with Crippen LogP contribution in [-0.4, -0.2) is 5.78 Å². The van der Waals surface area contributed by atoms with Crippen LogP contribution in [-0.2, 0) is 6.42 Å². The fourth-order valence-corrected chi connectivity index (χ4v) is 2.15. The maximum atomic E-state index is 11.2. The number of fused-ring (bicyclic) bond motifs is 1. The Morgan fingerprint density at radius 3 is 2.73 bits per heavy atom. The van der Waals surface area contributed by atoms with Crippen LogP contribution in [0.1, 0.15) is 30.0 Å². The van der Waals surface area contributed by atoms with Crippen molar-refractivity contribution >= 4 is 32.7 Å². The highest BCUT2D eigenvalue weighted by atomic mass is 79.9. The second-order valence-corrected chi connectivity index (χ2v) is 4.37. The summed E-state index contributed by atoms with van der Waals surface area (Å²) in [5, 5.41) is 0.978. The minimum Gasteiger partial charge on any atom is -0.452 e. The number of rotatable bonds is 2. The highest BCUT2D eigenvalue weighted by molar-refractivity contribution is 9.10. The number of benzene rings is 1. The summed E-state index contributed by atoms with van der Waals surface area (Å²) in [7, 11) is 0. The average Bonchev–Trinajstić information content (AvgIpc) is 2.61. The van der Waals surface area contributed by atoms with E-state index in [-0.39, 0.29) is 5.78 Å². The van der Waals surface area contributed by atoms with E-state index < -0.39 is 0 Å². The molecule has 0 atom stereocenters. The van der Waals surface area contributed by atoms with E-state index in [1.54, 1.807) is 6.07 Å². The molecule has 2 rings (SSSR count). The molecule has 0 saturated carbocycles. The largest absolute Gasteiger partial charge is 0.452 e. The molecule has 0 aliphatic heterocycles. The first-order valence-corrected chi connectivity index (χ1v) is 5.64. The van der Waals surface area contributed by atoms with E-state index in [9.17, 15) is 4.79 Å². The molecule has 0 amide bonds. The number of Topliss-reactive ketones (excluding diaryl/α,β-unsaturated/α-hetero) is 1. The number of hydrogen-bond donors (Lipinski definition) is 0. The van der Waals surface area contributed by atoms with E-state index in [0.717, 1.165) is 21.9 Å². The lowest BCUT2D eigenvalue weighted by molar-refractivity contribution is 0.0989. The second-order valence-electron chi connectivity index (χ2n) is 3.52. The Balaban J connectivity index is 2.69. The van der Waals surface area contributed by atoms with Gasteiger partial charge in [-0.1, -0.05) is 6.92 Å². The van der Waals surface area contributed by atoms with Gasteiger partial charge in [-0.05, 0) is 46.1 Å². The Bertz CT molecular complexity index is 526. The molecule has 0 bridgehead atoms. The van der Waals surface area contributed by atoms with E-state index in [0.29, 0.717) is 5.76 Å². The molecule has 0 saturated heterocycles. The number of furan rings is 1. The fraction of sp³-hybridized carbons (Fsp3) is 0.250. The fourth-order valence-electron chi connectivity index (χ4n) is 1.55. The number of ketones is 1. The third kappa shape index (κ3) is 1.84. The zero-order valence-corrected chi connectivity index (χ0v) is 10.2. The Kier molecular flexibility index (Phi) is 2.65. The van der Waals surface area contributed by atoms with Crippen LogP contribution in [0.3, 0.4) is 0 Å². The predicted octanol–water partition coefficient (Wildman–Crippen LogP) is 3.96. The topological polar surface area (TPSA) is 30.2 Å². The van der Waals surface area contributed by atoms with Gasteiger partial charge in [0.05, 0.1) is 4.47 Å². The molecular weight excluding hydrogens is 256 g/mol. The molecule has 3 heteroatoms. The van der Waals surface area contributed by atoms with Crippen LogP contribution in [0.25, 0.3) is 11.0 Å². The maximum Gasteiger partial charge on any atom is 0.194 e. The number of halogens is 1. The van der Waals surface area contributed by atoms with E-state index in [1.165, 1.54) is 12.5 Å². The van der Waals surface area contributed by atoms with Crippen molar-refractivity contribution in [2.45, 2.75) is 20.3 Å². The molecule has 1 aromatic carbocycles. The Morgan fingerprint density at radius 1 is 1.40 bits per heavy atom. The van der Waals surface area contributed by atoms with Gasteiger partial charge in [0.25, 0.3) is 0 Å². The molecule has 2 aromatic rings. The number of aryl methyl sites for hydroxylation is 1. The van der Waals surface area contributed by atoms with Crippen molar-refractivity contribution in [3.63, 3.8) is 0 Å². The highest BCUT2D eigenvalue weighted by Gasteiger charge is 2.10. The van der Waals surface area contributed by atoms with Crippen molar-refractivity contribution in [1.82, 2.24) is 0 Å². The smallest absolute Gasteiger partial charge is 0.194 e. The lowest BCUT2D eigenvalue weighted by Gasteiger charge is -1.98. The van der Waals surface area contributed by atoms with Crippen molar-refractivity contribution in [3.8, 4) is 0 Å². The standard InChI is InChI=1S/C12H11BrO2/c1-3-8-4-9-6-11(7(2)14)15-12(9)10(13)5-8/h4-6H,3H2,1-2H3. The summed E-state index contributed by atoms with van der Waals surface area (Å²) in [5.41, 5.74) is 1.97. The van der Waals surface area contributed by atoms with Crippen molar-refractivity contribution in [3.05, 3.63) is 34.0 Å². The molecule has 0 N–H and O–H groups in total. The molecule has 0 aliphatic carbocycles. The van der Waals surface area contributed by atoms with Crippen LogP contribution >= 0.6 is 15.9 Å². The number of carbonyl (C=O) groups is 1. The third-order valence-corrected chi connectivity index (χ3v) is 2.98. The molecule has 0 spiro atoms. The zero-order valence-electron chi connectivity index (χ0n) is 8.63. The lowest BCUT2D eigenvalue weighted by Crippen LogP contribution is -1.85. The van der Waals surface area contributed by atoms with E-state index in [2.05, 4.69) is 28.9 Å². The molecule has 0 unspecified atom stereocenters. The van der Waals surface area contributed by atoms with Crippen LogP contribution in [0.4, 0.5) is 0 Å². The van der Waals surface area contributed by atoms with Crippen LogP contribution in [0.15, 0.2) is 27.1 Å². The summed E-state index contributed by atoms with van der Waals surface area (Å²) in [6, 6.07) is 5.87. The lowest BCUT2D eigenvalue weighted by atomic mass is 10.1. The van der Waals surface area contributed by atoms with Crippen molar-refractivity contribution < 1.29 is 9.21 Å². The summed E-state index contributed by atoms with van der Waals surface area (Å²) < 4.78 is 6.37. The van der Waals surface area contributed by atoms with Gasteiger partial charge < -0.3 is 4.42 Å². The summed E-state index contributed by atoms with van der Waals surface area (Å²) in [6.07, 6.45) is 0.967. The van der Waals surface area contributed by atoms with Gasteiger partial charge in [-0.2, -0.15) is 0 Å². The van der Waals surface area contributed by atoms with Crippen molar-refractivity contribution in [1.29, 1.82) is 0 Å². The monoisotopic (exact) mass is 266 g/mol. The summed E-state index contributed by atoms with van der Waals surface area (Å²) in [4.78, 5) is 11.2. The Hall–Kier alpha value is -1.09. The molecule has 0 fully saturated rings. The van der Waals surface area contributed by atoms with Crippen LogP contribution in [0.5, 0.6) is 0 Å². The molecule has 78 valence electrons. The summed E-state index contributed by atoms with van der Waals surface area (Å²) in [5.74, 6) is 0.370. The molecular formula is C12H11BrO2. The zero-order chi connectivity index (χ0) is 11.0. The average molecular weight is 267 g/mol. The Labute approximate surface area is 96.4 Å². The quantitative estimate of drug-likeness (QED) is 0.771. The van der Waals surface area contributed by atoms with E-state index in [1.807, 2.05) is 6.07 Å². The first-order chi connectivity index (χ1) is 7.11. The van der Waals surface area contributed by atoms with Gasteiger partial charge >= 0.3 is 0 Å².